The Morgan fingerprint density at radius 2 is 1.68 bits per heavy atom. The third-order valence-corrected chi connectivity index (χ3v) is 5.66. The van der Waals surface area contributed by atoms with Gasteiger partial charge in [0.05, 0.1) is 5.52 Å². The lowest BCUT2D eigenvalue weighted by Gasteiger charge is -2.35. The third kappa shape index (κ3) is 3.86. The zero-order chi connectivity index (χ0) is 19.5. The van der Waals surface area contributed by atoms with E-state index in [2.05, 4.69) is 55.1 Å². The highest BCUT2D eigenvalue weighted by Crippen LogP contribution is 2.25. The van der Waals surface area contributed by atoms with Gasteiger partial charge in [-0.15, -0.1) is 0 Å². The number of benzene rings is 2. The number of piperazine rings is 1. The van der Waals surface area contributed by atoms with Crippen molar-refractivity contribution in [2.45, 2.75) is 26.7 Å². The first kappa shape index (κ1) is 18.5. The molecule has 1 aliphatic heterocycles. The molecule has 2 aromatic carbocycles. The number of nitrogens with zero attached hydrogens (tertiary/aromatic N) is 3. The average molecular weight is 374 g/mol. The fourth-order valence-electron chi connectivity index (χ4n) is 3.94. The number of para-hydroxylation sites is 1. The van der Waals surface area contributed by atoms with Crippen LogP contribution in [-0.4, -0.2) is 42.0 Å². The minimum absolute atomic E-state index is 0.252. The molecule has 3 aromatic rings. The zero-order valence-corrected chi connectivity index (χ0v) is 16.7. The van der Waals surface area contributed by atoms with Crippen LogP contribution in [0.4, 0.5) is 5.82 Å². The van der Waals surface area contributed by atoms with Crippen LogP contribution in [0.1, 0.15) is 23.1 Å². The topological polar surface area (TPSA) is 36.4 Å². The number of aromatic nitrogens is 1. The van der Waals surface area contributed by atoms with Crippen molar-refractivity contribution in [3.05, 3.63) is 71.3 Å². The smallest absolute Gasteiger partial charge is 0.223 e. The van der Waals surface area contributed by atoms with Crippen molar-refractivity contribution >= 4 is 22.6 Å². The summed E-state index contributed by atoms with van der Waals surface area (Å²) in [5.74, 6) is 1.28. The molecule has 0 saturated carbocycles. The number of amides is 1. The van der Waals surface area contributed by atoms with Crippen LogP contribution in [0, 0.1) is 13.8 Å². The van der Waals surface area contributed by atoms with Crippen LogP contribution in [0.3, 0.4) is 0 Å². The third-order valence-electron chi connectivity index (χ3n) is 5.66. The van der Waals surface area contributed by atoms with Crippen molar-refractivity contribution < 1.29 is 4.79 Å². The van der Waals surface area contributed by atoms with Gasteiger partial charge in [-0.3, -0.25) is 4.79 Å². The SMILES string of the molecule is Cc1cc(N2CCN(C(=O)CCc3ccccc3)CC2)nc2c(C)cccc12. The summed E-state index contributed by atoms with van der Waals surface area (Å²) in [6.07, 6.45) is 1.39. The fraction of sp³-hybridized carbons (Fsp3) is 0.333. The lowest BCUT2D eigenvalue weighted by molar-refractivity contribution is -0.131. The van der Waals surface area contributed by atoms with Crippen LogP contribution >= 0.6 is 0 Å². The van der Waals surface area contributed by atoms with Gasteiger partial charge < -0.3 is 9.80 Å². The van der Waals surface area contributed by atoms with Crippen LogP contribution in [0.15, 0.2) is 54.6 Å². The maximum absolute atomic E-state index is 12.6. The summed E-state index contributed by atoms with van der Waals surface area (Å²) in [5.41, 5.74) is 4.77. The van der Waals surface area contributed by atoms with E-state index in [0.717, 1.165) is 43.9 Å². The molecule has 0 bridgehead atoms. The van der Waals surface area contributed by atoms with Crippen LogP contribution in [0.5, 0.6) is 0 Å². The molecule has 4 heteroatoms. The van der Waals surface area contributed by atoms with Crippen molar-refractivity contribution in [2.75, 3.05) is 31.1 Å². The van der Waals surface area contributed by atoms with E-state index in [0.29, 0.717) is 6.42 Å². The molecule has 0 N–H and O–H groups in total. The molecule has 0 aliphatic carbocycles. The van der Waals surface area contributed by atoms with Crippen molar-refractivity contribution in [1.82, 2.24) is 9.88 Å². The van der Waals surface area contributed by atoms with E-state index in [1.54, 1.807) is 0 Å². The van der Waals surface area contributed by atoms with Gasteiger partial charge in [-0.2, -0.15) is 0 Å². The molecule has 1 aliphatic rings. The Balaban J connectivity index is 1.39. The zero-order valence-electron chi connectivity index (χ0n) is 16.7. The van der Waals surface area contributed by atoms with Crippen LogP contribution in [0.2, 0.25) is 0 Å². The van der Waals surface area contributed by atoms with Gasteiger partial charge in [0.1, 0.15) is 5.82 Å². The first-order chi connectivity index (χ1) is 13.6. The predicted octanol–water partition coefficient (Wildman–Crippen LogP) is 4.13. The predicted molar refractivity (Wildman–Crippen MR) is 115 cm³/mol. The number of pyridine rings is 1. The Morgan fingerprint density at radius 1 is 0.929 bits per heavy atom. The lowest BCUT2D eigenvalue weighted by atomic mass is 10.1. The van der Waals surface area contributed by atoms with E-state index in [4.69, 9.17) is 4.98 Å². The molecular formula is C24H27N3O. The molecule has 1 fully saturated rings. The summed E-state index contributed by atoms with van der Waals surface area (Å²) >= 11 is 0. The van der Waals surface area contributed by atoms with Gasteiger partial charge in [0.25, 0.3) is 0 Å². The Bertz CT molecular complexity index is 976. The second-order valence-corrected chi connectivity index (χ2v) is 7.62. The summed E-state index contributed by atoms with van der Waals surface area (Å²) in [7, 11) is 0. The summed E-state index contributed by atoms with van der Waals surface area (Å²) in [6.45, 7) is 7.46. The van der Waals surface area contributed by atoms with Crippen molar-refractivity contribution in [3.63, 3.8) is 0 Å². The normalized spacial score (nSPS) is 14.5. The average Bonchev–Trinajstić information content (AvgIpc) is 2.73. The highest BCUT2D eigenvalue weighted by atomic mass is 16.2. The number of anilines is 1. The highest BCUT2D eigenvalue weighted by molar-refractivity contribution is 5.86. The largest absolute Gasteiger partial charge is 0.353 e. The van der Waals surface area contributed by atoms with Crippen molar-refractivity contribution in [1.29, 1.82) is 0 Å². The minimum atomic E-state index is 0.252. The Hall–Kier alpha value is -2.88. The molecule has 1 saturated heterocycles. The summed E-state index contributed by atoms with van der Waals surface area (Å²) < 4.78 is 0. The molecule has 0 unspecified atom stereocenters. The molecule has 0 spiro atoms. The van der Waals surface area contributed by atoms with Gasteiger partial charge >= 0.3 is 0 Å². The monoisotopic (exact) mass is 373 g/mol. The van der Waals surface area contributed by atoms with Crippen LogP contribution < -0.4 is 4.90 Å². The Kier molecular flexibility index (Phi) is 5.29. The number of fused-ring (bicyclic) bond motifs is 1. The van der Waals surface area contributed by atoms with Crippen molar-refractivity contribution in [2.24, 2.45) is 0 Å². The van der Waals surface area contributed by atoms with Gasteiger partial charge in [-0.1, -0.05) is 48.5 Å². The first-order valence-corrected chi connectivity index (χ1v) is 10.1. The first-order valence-electron chi connectivity index (χ1n) is 10.1. The fourth-order valence-corrected chi connectivity index (χ4v) is 3.94. The Labute approximate surface area is 166 Å². The molecule has 1 aromatic heterocycles. The molecule has 144 valence electrons. The van der Waals surface area contributed by atoms with E-state index < -0.39 is 0 Å². The molecule has 0 atom stereocenters. The summed E-state index contributed by atoms with van der Waals surface area (Å²) in [6, 6.07) is 18.7. The lowest BCUT2D eigenvalue weighted by Crippen LogP contribution is -2.49. The van der Waals surface area contributed by atoms with E-state index in [9.17, 15) is 4.79 Å². The van der Waals surface area contributed by atoms with Gasteiger partial charge in [0.15, 0.2) is 0 Å². The number of carbonyl (C=O) groups excluding carboxylic acids is 1. The van der Waals surface area contributed by atoms with E-state index in [-0.39, 0.29) is 5.91 Å². The summed E-state index contributed by atoms with van der Waals surface area (Å²) in [5, 5.41) is 1.22. The Morgan fingerprint density at radius 3 is 2.43 bits per heavy atom. The molecule has 0 radical (unpaired) electrons. The maximum Gasteiger partial charge on any atom is 0.223 e. The number of hydrogen-bond donors (Lipinski definition) is 0. The van der Waals surface area contributed by atoms with Crippen LogP contribution in [0.25, 0.3) is 10.9 Å². The van der Waals surface area contributed by atoms with Gasteiger partial charge in [0.2, 0.25) is 5.91 Å². The van der Waals surface area contributed by atoms with E-state index >= 15 is 0 Å². The van der Waals surface area contributed by atoms with E-state index in [1.807, 2.05) is 23.1 Å². The standard InChI is InChI=1S/C24H27N3O/c1-18-7-6-10-21-19(2)17-22(25-24(18)21)26-13-15-27(16-14-26)23(28)12-11-20-8-4-3-5-9-20/h3-10,17H,11-16H2,1-2H3. The second kappa shape index (κ2) is 8.01. The summed E-state index contributed by atoms with van der Waals surface area (Å²) in [4.78, 5) is 21.8. The van der Waals surface area contributed by atoms with E-state index in [1.165, 1.54) is 22.1 Å². The van der Waals surface area contributed by atoms with Crippen LogP contribution in [-0.2, 0) is 11.2 Å². The van der Waals surface area contributed by atoms with Crippen molar-refractivity contribution in [3.8, 4) is 0 Å². The number of aryl methyl sites for hydroxylation is 3. The molecule has 28 heavy (non-hydrogen) atoms. The molecule has 4 rings (SSSR count). The maximum atomic E-state index is 12.6. The minimum Gasteiger partial charge on any atom is -0.353 e. The number of rotatable bonds is 4. The van der Waals surface area contributed by atoms with Gasteiger partial charge in [0, 0.05) is 38.0 Å². The number of carbonyl (C=O) groups is 1. The molecular weight excluding hydrogens is 346 g/mol. The highest BCUT2D eigenvalue weighted by Gasteiger charge is 2.22. The second-order valence-electron chi connectivity index (χ2n) is 7.62. The molecule has 1 amide bonds. The molecule has 2 heterocycles. The quantitative estimate of drug-likeness (QED) is 0.690. The van der Waals surface area contributed by atoms with Gasteiger partial charge in [-0.05, 0) is 43.0 Å². The number of hydrogen-bond acceptors (Lipinski definition) is 3. The molecule has 4 nitrogen and oxygen atoms in total. The van der Waals surface area contributed by atoms with Gasteiger partial charge in [-0.25, -0.2) is 4.98 Å².